The number of carbonyl (C=O) groups is 2. The first-order valence-corrected chi connectivity index (χ1v) is 8.60. The summed E-state index contributed by atoms with van der Waals surface area (Å²) in [5.41, 5.74) is 0. The van der Waals surface area contributed by atoms with Crippen LogP contribution in [0.4, 0.5) is 0 Å². The second-order valence-corrected chi connectivity index (χ2v) is 6.57. The van der Waals surface area contributed by atoms with Crippen LogP contribution >= 0.6 is 0 Å². The fourth-order valence-electron chi connectivity index (χ4n) is 3.08. The van der Waals surface area contributed by atoms with Crippen LogP contribution in [0.2, 0.25) is 0 Å². The number of nitrogens with zero attached hydrogens (tertiary/aromatic N) is 2. The summed E-state index contributed by atoms with van der Waals surface area (Å²) in [6, 6.07) is 0. The van der Waals surface area contributed by atoms with Gasteiger partial charge in [-0.2, -0.15) is 0 Å². The summed E-state index contributed by atoms with van der Waals surface area (Å²) in [6.45, 7) is 4.92. The summed E-state index contributed by atoms with van der Waals surface area (Å²) in [5.74, 6) is -0.482. The van der Waals surface area contributed by atoms with Crippen LogP contribution in [0, 0.1) is 0 Å². The topological polar surface area (TPSA) is 86.8 Å². The standard InChI is InChI=1S/C16H26N2O7/c1-5-17(3)11(19)6-12(20)18(4)7-13-24-15-14-10(23-16(15)25-13)8-21-9(2)22-14/h9-10,13-16H,5-8H2,1-4H3. The number of hydrogen-bond acceptors (Lipinski definition) is 7. The van der Waals surface area contributed by atoms with Gasteiger partial charge in [0.15, 0.2) is 18.9 Å². The van der Waals surface area contributed by atoms with Crippen molar-refractivity contribution in [2.24, 2.45) is 0 Å². The Bertz CT molecular complexity index is 517. The molecule has 0 aromatic rings. The summed E-state index contributed by atoms with van der Waals surface area (Å²) in [6.07, 6.45) is -2.38. The van der Waals surface area contributed by atoms with Crippen molar-refractivity contribution in [2.75, 3.05) is 33.8 Å². The van der Waals surface area contributed by atoms with Gasteiger partial charge in [-0.25, -0.2) is 0 Å². The Morgan fingerprint density at radius 2 is 1.72 bits per heavy atom. The lowest BCUT2D eigenvalue weighted by Gasteiger charge is -2.32. The molecule has 9 heteroatoms. The Balaban J connectivity index is 1.49. The lowest BCUT2D eigenvalue weighted by Crippen LogP contribution is -2.46. The molecule has 3 rings (SSSR count). The van der Waals surface area contributed by atoms with Gasteiger partial charge in [-0.3, -0.25) is 9.59 Å². The van der Waals surface area contributed by atoms with Crippen LogP contribution in [0.3, 0.4) is 0 Å². The second kappa shape index (κ2) is 7.55. The van der Waals surface area contributed by atoms with E-state index in [0.717, 1.165) is 0 Å². The molecule has 0 spiro atoms. The third-order valence-electron chi connectivity index (χ3n) is 4.76. The van der Waals surface area contributed by atoms with E-state index in [1.54, 1.807) is 14.1 Å². The molecule has 6 unspecified atom stereocenters. The van der Waals surface area contributed by atoms with Crippen molar-refractivity contribution >= 4 is 11.8 Å². The van der Waals surface area contributed by atoms with Crippen LogP contribution < -0.4 is 0 Å². The predicted octanol–water partition coefficient (Wildman–Crippen LogP) is -0.459. The molecule has 0 saturated carbocycles. The van der Waals surface area contributed by atoms with Crippen molar-refractivity contribution in [3.63, 3.8) is 0 Å². The van der Waals surface area contributed by atoms with E-state index in [-0.39, 0.29) is 49.4 Å². The fourth-order valence-corrected chi connectivity index (χ4v) is 3.08. The number of carbonyl (C=O) groups excluding carboxylic acids is 2. The van der Waals surface area contributed by atoms with Crippen LogP contribution in [0.1, 0.15) is 20.3 Å². The van der Waals surface area contributed by atoms with E-state index < -0.39 is 12.6 Å². The van der Waals surface area contributed by atoms with Gasteiger partial charge in [0.05, 0.1) is 13.2 Å². The van der Waals surface area contributed by atoms with Crippen LogP contribution in [0.25, 0.3) is 0 Å². The first kappa shape index (κ1) is 18.5. The van der Waals surface area contributed by atoms with E-state index in [4.69, 9.17) is 23.7 Å². The van der Waals surface area contributed by atoms with Crippen molar-refractivity contribution in [2.45, 2.75) is 57.5 Å². The molecule has 9 nitrogen and oxygen atoms in total. The molecule has 3 aliphatic rings. The number of fused-ring (bicyclic) bond motifs is 3. The monoisotopic (exact) mass is 358 g/mol. The van der Waals surface area contributed by atoms with Gasteiger partial charge in [0.1, 0.15) is 24.7 Å². The van der Waals surface area contributed by atoms with Gasteiger partial charge in [-0.05, 0) is 13.8 Å². The molecule has 3 heterocycles. The number of ether oxygens (including phenoxy) is 5. The van der Waals surface area contributed by atoms with Crippen molar-refractivity contribution in [1.82, 2.24) is 9.80 Å². The Hall–Kier alpha value is -1.26. The van der Waals surface area contributed by atoms with Gasteiger partial charge in [0.25, 0.3) is 0 Å². The minimum atomic E-state index is -0.606. The molecule has 0 aliphatic carbocycles. The lowest BCUT2D eigenvalue weighted by molar-refractivity contribution is -0.263. The van der Waals surface area contributed by atoms with Crippen LogP contribution in [-0.4, -0.2) is 92.6 Å². The van der Waals surface area contributed by atoms with E-state index in [2.05, 4.69) is 0 Å². The zero-order chi connectivity index (χ0) is 18.1. The molecule has 3 fully saturated rings. The highest BCUT2D eigenvalue weighted by Gasteiger charge is 2.55. The highest BCUT2D eigenvalue weighted by molar-refractivity contribution is 5.96. The van der Waals surface area contributed by atoms with Crippen molar-refractivity contribution in [1.29, 1.82) is 0 Å². The van der Waals surface area contributed by atoms with Gasteiger partial charge in [0.2, 0.25) is 11.8 Å². The van der Waals surface area contributed by atoms with Gasteiger partial charge in [-0.15, -0.1) is 0 Å². The predicted molar refractivity (Wildman–Crippen MR) is 84.3 cm³/mol. The first-order chi connectivity index (χ1) is 11.9. The summed E-state index contributed by atoms with van der Waals surface area (Å²) in [5, 5.41) is 0. The fraction of sp³-hybridized carbons (Fsp3) is 0.875. The highest BCUT2D eigenvalue weighted by atomic mass is 16.8. The Labute approximate surface area is 147 Å². The Morgan fingerprint density at radius 3 is 2.44 bits per heavy atom. The molecule has 0 aromatic carbocycles. The van der Waals surface area contributed by atoms with E-state index in [1.807, 2.05) is 13.8 Å². The van der Waals surface area contributed by atoms with Crippen molar-refractivity contribution in [3.05, 3.63) is 0 Å². The van der Waals surface area contributed by atoms with Crippen molar-refractivity contribution < 1.29 is 33.3 Å². The molecule has 0 aromatic heterocycles. The van der Waals surface area contributed by atoms with E-state index >= 15 is 0 Å². The molecule has 0 radical (unpaired) electrons. The largest absolute Gasteiger partial charge is 0.350 e. The van der Waals surface area contributed by atoms with Crippen LogP contribution in [0.15, 0.2) is 0 Å². The van der Waals surface area contributed by atoms with Crippen LogP contribution in [-0.2, 0) is 33.3 Å². The molecular weight excluding hydrogens is 332 g/mol. The van der Waals surface area contributed by atoms with Crippen LogP contribution in [0.5, 0.6) is 0 Å². The van der Waals surface area contributed by atoms with Crippen molar-refractivity contribution in [3.8, 4) is 0 Å². The molecule has 3 saturated heterocycles. The summed E-state index contributed by atoms with van der Waals surface area (Å²) >= 11 is 0. The molecule has 0 bridgehead atoms. The molecule has 25 heavy (non-hydrogen) atoms. The summed E-state index contributed by atoms with van der Waals surface area (Å²) < 4.78 is 28.5. The average Bonchev–Trinajstić information content (AvgIpc) is 3.11. The van der Waals surface area contributed by atoms with E-state index in [9.17, 15) is 9.59 Å². The summed E-state index contributed by atoms with van der Waals surface area (Å²) in [7, 11) is 3.29. The molecule has 3 aliphatic heterocycles. The second-order valence-electron chi connectivity index (χ2n) is 6.57. The third kappa shape index (κ3) is 3.95. The molecule has 2 amide bonds. The van der Waals surface area contributed by atoms with Gasteiger partial charge in [0, 0.05) is 20.6 Å². The van der Waals surface area contributed by atoms with Gasteiger partial charge >= 0.3 is 0 Å². The molecule has 6 atom stereocenters. The number of likely N-dealkylation sites (N-methyl/N-ethyl adjacent to an activating group) is 1. The minimum absolute atomic E-state index is 0.167. The van der Waals surface area contributed by atoms with Gasteiger partial charge < -0.3 is 33.5 Å². The van der Waals surface area contributed by atoms with E-state index in [1.165, 1.54) is 9.80 Å². The maximum absolute atomic E-state index is 12.2. The average molecular weight is 358 g/mol. The number of amides is 2. The SMILES string of the molecule is CCN(C)C(=O)CC(=O)N(C)CC1OC2OC3COC(C)OC3C2O1. The normalized spacial score (nSPS) is 36.6. The van der Waals surface area contributed by atoms with E-state index in [0.29, 0.717) is 13.2 Å². The quantitative estimate of drug-likeness (QED) is 0.615. The zero-order valence-electron chi connectivity index (χ0n) is 15.0. The molecule has 0 N–H and O–H groups in total. The highest BCUT2D eigenvalue weighted by Crippen LogP contribution is 2.37. The molecule has 142 valence electrons. The summed E-state index contributed by atoms with van der Waals surface area (Å²) in [4.78, 5) is 27.0. The van der Waals surface area contributed by atoms with Gasteiger partial charge in [-0.1, -0.05) is 0 Å². The lowest BCUT2D eigenvalue weighted by atomic mass is 10.1. The maximum Gasteiger partial charge on any atom is 0.231 e. The number of hydrogen-bond donors (Lipinski definition) is 0. The minimum Gasteiger partial charge on any atom is -0.350 e. The Kier molecular flexibility index (Phi) is 5.59. The molecular formula is C16H26N2O7. The Morgan fingerprint density at radius 1 is 1.00 bits per heavy atom. The smallest absolute Gasteiger partial charge is 0.231 e. The zero-order valence-corrected chi connectivity index (χ0v) is 15.0. The first-order valence-electron chi connectivity index (χ1n) is 8.60. The maximum atomic E-state index is 12.2. The number of rotatable bonds is 5. The third-order valence-corrected chi connectivity index (χ3v) is 4.76.